The van der Waals surface area contributed by atoms with Gasteiger partial charge in [0.2, 0.25) is 0 Å². The van der Waals surface area contributed by atoms with Crippen molar-refractivity contribution in [3.8, 4) is 0 Å². The minimum absolute atomic E-state index is 0.0204. The Morgan fingerprint density at radius 1 is 1.32 bits per heavy atom. The zero-order chi connectivity index (χ0) is 16.1. The molecule has 0 N–H and O–H groups in total. The number of rotatable bonds is 7. The van der Waals surface area contributed by atoms with Gasteiger partial charge in [-0.1, -0.05) is 0 Å². The van der Waals surface area contributed by atoms with E-state index in [-0.39, 0.29) is 5.91 Å². The van der Waals surface area contributed by atoms with Crippen LogP contribution in [-0.2, 0) is 19.6 Å². The van der Waals surface area contributed by atoms with Crippen molar-refractivity contribution in [3.63, 3.8) is 0 Å². The third-order valence-electron chi connectivity index (χ3n) is 3.28. The fraction of sp³-hybridized carbons (Fsp3) is 0.533. The Hall–Kier alpha value is -1.73. The number of aryl methyl sites for hydroxylation is 1. The normalized spacial score (nSPS) is 11.1. The van der Waals surface area contributed by atoms with Crippen LogP contribution in [0.1, 0.15) is 34.9 Å². The minimum atomic E-state index is -0.0204. The van der Waals surface area contributed by atoms with Gasteiger partial charge in [-0.05, 0) is 27.9 Å². The predicted molar refractivity (Wildman–Crippen MR) is 87.8 cm³/mol. The van der Waals surface area contributed by atoms with Crippen LogP contribution in [0.15, 0.2) is 17.8 Å². The molecule has 22 heavy (non-hydrogen) atoms. The highest BCUT2D eigenvalue weighted by atomic mass is 32.1. The fourth-order valence-electron chi connectivity index (χ4n) is 2.12. The Balaban J connectivity index is 2.06. The van der Waals surface area contributed by atoms with Crippen molar-refractivity contribution in [2.24, 2.45) is 0 Å². The number of carbonyl (C=O) groups excluding carboxylic acids is 1. The Kier molecular flexibility index (Phi) is 5.68. The van der Waals surface area contributed by atoms with Gasteiger partial charge in [-0.2, -0.15) is 5.10 Å². The first kappa shape index (κ1) is 16.6. The van der Waals surface area contributed by atoms with Crippen LogP contribution < -0.4 is 0 Å². The van der Waals surface area contributed by atoms with E-state index in [1.807, 2.05) is 55.3 Å². The molecule has 0 bridgehead atoms. The monoisotopic (exact) mass is 321 g/mol. The fourth-order valence-corrected chi connectivity index (χ4v) is 3.01. The summed E-state index contributed by atoms with van der Waals surface area (Å²) in [4.78, 5) is 20.9. The molecule has 1 amide bonds. The van der Waals surface area contributed by atoms with E-state index >= 15 is 0 Å². The molecule has 2 aromatic rings. The molecule has 0 saturated heterocycles. The standard InChI is InChI=1S/C15H23N5OS/c1-5-19(8-12-7-16-20(6-2)9-12)15(21)13-11-22-14(17-13)10-18(3)4/h7,9,11H,5-6,8,10H2,1-4H3. The van der Waals surface area contributed by atoms with Gasteiger partial charge in [0.1, 0.15) is 10.7 Å². The molecule has 0 atom stereocenters. The van der Waals surface area contributed by atoms with Crippen molar-refractivity contribution in [1.29, 1.82) is 0 Å². The van der Waals surface area contributed by atoms with E-state index in [2.05, 4.69) is 10.1 Å². The van der Waals surface area contributed by atoms with Crippen molar-refractivity contribution in [3.05, 3.63) is 34.0 Å². The van der Waals surface area contributed by atoms with E-state index in [4.69, 9.17) is 0 Å². The Bertz CT molecular complexity index is 619. The van der Waals surface area contributed by atoms with E-state index in [0.717, 1.165) is 23.7 Å². The number of carbonyl (C=O) groups is 1. The molecular formula is C15H23N5OS. The van der Waals surface area contributed by atoms with Gasteiger partial charge in [0.25, 0.3) is 5.91 Å². The summed E-state index contributed by atoms with van der Waals surface area (Å²) in [5.74, 6) is -0.0204. The van der Waals surface area contributed by atoms with Gasteiger partial charge in [0.05, 0.1) is 6.20 Å². The van der Waals surface area contributed by atoms with Gasteiger partial charge < -0.3 is 9.80 Å². The molecule has 0 unspecified atom stereocenters. The molecule has 0 aliphatic rings. The highest BCUT2D eigenvalue weighted by Crippen LogP contribution is 2.15. The van der Waals surface area contributed by atoms with E-state index < -0.39 is 0 Å². The molecule has 0 aliphatic carbocycles. The average molecular weight is 321 g/mol. The first-order valence-electron chi connectivity index (χ1n) is 7.43. The summed E-state index contributed by atoms with van der Waals surface area (Å²) < 4.78 is 1.87. The van der Waals surface area contributed by atoms with Crippen LogP contribution in [0, 0.1) is 0 Å². The van der Waals surface area contributed by atoms with Gasteiger partial charge in [0, 0.05) is 43.3 Å². The molecule has 2 rings (SSSR count). The summed E-state index contributed by atoms with van der Waals surface area (Å²) in [7, 11) is 3.99. The molecule has 0 aromatic carbocycles. The van der Waals surface area contributed by atoms with Crippen LogP contribution >= 0.6 is 11.3 Å². The highest BCUT2D eigenvalue weighted by molar-refractivity contribution is 7.09. The van der Waals surface area contributed by atoms with Crippen LogP contribution in [0.5, 0.6) is 0 Å². The van der Waals surface area contributed by atoms with Crippen molar-refractivity contribution in [2.45, 2.75) is 33.5 Å². The van der Waals surface area contributed by atoms with Gasteiger partial charge in [-0.25, -0.2) is 4.98 Å². The zero-order valence-corrected chi connectivity index (χ0v) is 14.4. The number of amides is 1. The molecule has 2 aromatic heterocycles. The summed E-state index contributed by atoms with van der Waals surface area (Å²) in [5, 5.41) is 7.06. The topological polar surface area (TPSA) is 54.3 Å². The van der Waals surface area contributed by atoms with Crippen molar-refractivity contribution in [2.75, 3.05) is 20.6 Å². The molecule has 6 nitrogen and oxygen atoms in total. The third kappa shape index (κ3) is 4.14. The Labute approximate surface area is 135 Å². The van der Waals surface area contributed by atoms with E-state index in [9.17, 15) is 4.79 Å². The number of aromatic nitrogens is 3. The number of hydrogen-bond donors (Lipinski definition) is 0. The SMILES string of the molecule is CCN(Cc1cnn(CC)c1)C(=O)c1csc(CN(C)C)n1. The van der Waals surface area contributed by atoms with Gasteiger partial charge in [0.15, 0.2) is 0 Å². The molecule has 120 valence electrons. The average Bonchev–Trinajstić information content (AvgIpc) is 3.12. The van der Waals surface area contributed by atoms with Gasteiger partial charge >= 0.3 is 0 Å². The highest BCUT2D eigenvalue weighted by Gasteiger charge is 2.18. The molecule has 0 spiro atoms. The quantitative estimate of drug-likeness (QED) is 0.783. The molecule has 7 heteroatoms. The molecule has 2 heterocycles. The van der Waals surface area contributed by atoms with Crippen LogP contribution in [0.4, 0.5) is 0 Å². The largest absolute Gasteiger partial charge is 0.333 e. The first-order valence-corrected chi connectivity index (χ1v) is 8.31. The van der Waals surface area contributed by atoms with Crippen molar-refractivity contribution >= 4 is 17.2 Å². The Morgan fingerprint density at radius 2 is 2.09 bits per heavy atom. The molecule has 0 radical (unpaired) electrons. The van der Waals surface area contributed by atoms with Crippen LogP contribution in [0.25, 0.3) is 0 Å². The van der Waals surface area contributed by atoms with E-state index in [0.29, 0.717) is 18.8 Å². The maximum Gasteiger partial charge on any atom is 0.273 e. The number of thiazole rings is 1. The lowest BCUT2D eigenvalue weighted by Gasteiger charge is -2.18. The summed E-state index contributed by atoms with van der Waals surface area (Å²) in [6.07, 6.45) is 3.80. The van der Waals surface area contributed by atoms with Crippen LogP contribution in [0.3, 0.4) is 0 Å². The van der Waals surface area contributed by atoms with Gasteiger partial charge in [-0.3, -0.25) is 9.48 Å². The summed E-state index contributed by atoms with van der Waals surface area (Å²) in [6, 6.07) is 0. The van der Waals surface area contributed by atoms with E-state index in [1.165, 1.54) is 11.3 Å². The second-order valence-electron chi connectivity index (χ2n) is 5.39. The smallest absolute Gasteiger partial charge is 0.273 e. The Morgan fingerprint density at radius 3 is 2.68 bits per heavy atom. The summed E-state index contributed by atoms with van der Waals surface area (Å²) >= 11 is 1.53. The van der Waals surface area contributed by atoms with Crippen molar-refractivity contribution < 1.29 is 4.79 Å². The number of nitrogens with zero attached hydrogens (tertiary/aromatic N) is 5. The van der Waals surface area contributed by atoms with E-state index in [1.54, 1.807) is 4.90 Å². The molecular weight excluding hydrogens is 298 g/mol. The maximum atomic E-state index is 12.6. The minimum Gasteiger partial charge on any atom is -0.333 e. The summed E-state index contributed by atoms with van der Waals surface area (Å²) in [6.45, 7) is 6.83. The maximum absolute atomic E-state index is 12.6. The predicted octanol–water partition coefficient (Wildman–Crippen LogP) is 2.08. The van der Waals surface area contributed by atoms with Gasteiger partial charge in [-0.15, -0.1) is 11.3 Å². The van der Waals surface area contributed by atoms with Crippen LogP contribution in [0.2, 0.25) is 0 Å². The number of hydrogen-bond acceptors (Lipinski definition) is 5. The second kappa shape index (κ2) is 7.51. The lowest BCUT2D eigenvalue weighted by Crippen LogP contribution is -2.30. The second-order valence-corrected chi connectivity index (χ2v) is 6.33. The summed E-state index contributed by atoms with van der Waals surface area (Å²) in [5.41, 5.74) is 1.58. The van der Waals surface area contributed by atoms with Crippen molar-refractivity contribution in [1.82, 2.24) is 24.6 Å². The van der Waals surface area contributed by atoms with Crippen LogP contribution in [-0.4, -0.2) is 51.1 Å². The zero-order valence-electron chi connectivity index (χ0n) is 13.6. The molecule has 0 fully saturated rings. The first-order chi connectivity index (χ1) is 10.5. The molecule has 0 saturated carbocycles. The lowest BCUT2D eigenvalue weighted by molar-refractivity contribution is 0.0747. The molecule has 0 aliphatic heterocycles. The lowest BCUT2D eigenvalue weighted by atomic mass is 10.3. The third-order valence-corrected chi connectivity index (χ3v) is 4.11.